The molecule has 30 heavy (non-hydrogen) atoms. The van der Waals surface area contributed by atoms with Gasteiger partial charge in [0.2, 0.25) is 0 Å². The van der Waals surface area contributed by atoms with Gasteiger partial charge in [-0.1, -0.05) is 12.1 Å². The van der Waals surface area contributed by atoms with Crippen molar-refractivity contribution in [3.63, 3.8) is 0 Å². The van der Waals surface area contributed by atoms with Crippen LogP contribution in [0.4, 0.5) is 20.2 Å². The van der Waals surface area contributed by atoms with Gasteiger partial charge in [0.05, 0.1) is 29.6 Å². The Morgan fingerprint density at radius 2 is 1.90 bits per heavy atom. The summed E-state index contributed by atoms with van der Waals surface area (Å²) in [5.74, 6) is -0.998. The first kappa shape index (κ1) is 20.4. The second kappa shape index (κ2) is 8.89. The number of morpholine rings is 1. The summed E-state index contributed by atoms with van der Waals surface area (Å²) in [5.41, 5.74) is 2.42. The van der Waals surface area contributed by atoms with E-state index in [4.69, 9.17) is 4.74 Å². The molecule has 1 fully saturated rings. The molecule has 8 heteroatoms. The van der Waals surface area contributed by atoms with Gasteiger partial charge in [-0.3, -0.25) is 4.79 Å². The summed E-state index contributed by atoms with van der Waals surface area (Å²) in [7, 11) is 0. The Hall–Kier alpha value is -2.84. The molecule has 0 spiro atoms. The maximum absolute atomic E-state index is 14.6. The van der Waals surface area contributed by atoms with E-state index in [2.05, 4.69) is 10.3 Å². The molecule has 3 aromatic rings. The lowest BCUT2D eigenvalue weighted by atomic mass is 10.1. The van der Waals surface area contributed by atoms with Crippen LogP contribution in [-0.4, -0.2) is 37.2 Å². The number of carbonyl (C=O) groups is 1. The van der Waals surface area contributed by atoms with E-state index in [0.717, 1.165) is 10.6 Å². The lowest BCUT2D eigenvalue weighted by molar-refractivity contribution is 0.103. The van der Waals surface area contributed by atoms with Crippen LogP contribution in [0.1, 0.15) is 25.9 Å². The van der Waals surface area contributed by atoms with E-state index in [9.17, 15) is 13.6 Å². The van der Waals surface area contributed by atoms with Gasteiger partial charge in [-0.25, -0.2) is 13.8 Å². The van der Waals surface area contributed by atoms with Crippen molar-refractivity contribution in [3.8, 4) is 0 Å². The highest BCUT2D eigenvalue weighted by molar-refractivity contribution is 7.14. The van der Waals surface area contributed by atoms with E-state index in [0.29, 0.717) is 54.7 Å². The molecule has 1 aliphatic rings. The number of nitrogens with zero attached hydrogens (tertiary/aromatic N) is 2. The third kappa shape index (κ3) is 4.66. The zero-order chi connectivity index (χ0) is 21.1. The van der Waals surface area contributed by atoms with Gasteiger partial charge in [0, 0.05) is 25.2 Å². The maximum atomic E-state index is 14.6. The first-order valence-electron chi connectivity index (χ1n) is 9.64. The van der Waals surface area contributed by atoms with Crippen LogP contribution in [-0.2, 0) is 11.2 Å². The SMILES string of the molecule is Cc1nc(Cc2ccc(F)cc2)sc1C(=O)Nc1ccc(N2CCOCC2)c(F)c1. The molecule has 0 atom stereocenters. The highest BCUT2D eigenvalue weighted by Gasteiger charge is 2.18. The second-order valence-corrected chi connectivity index (χ2v) is 8.13. The Labute approximate surface area is 177 Å². The lowest BCUT2D eigenvalue weighted by Crippen LogP contribution is -2.36. The van der Waals surface area contributed by atoms with Gasteiger partial charge in [-0.05, 0) is 42.8 Å². The van der Waals surface area contributed by atoms with Crippen LogP contribution < -0.4 is 10.2 Å². The maximum Gasteiger partial charge on any atom is 0.267 e. The minimum atomic E-state index is -0.382. The number of hydrogen-bond donors (Lipinski definition) is 1. The van der Waals surface area contributed by atoms with Crippen molar-refractivity contribution < 1.29 is 18.3 Å². The number of ether oxygens (including phenoxy) is 1. The average molecular weight is 429 g/mol. The van der Waals surface area contributed by atoms with Gasteiger partial charge in [-0.2, -0.15) is 0 Å². The van der Waals surface area contributed by atoms with Gasteiger partial charge in [-0.15, -0.1) is 11.3 Å². The summed E-state index contributed by atoms with van der Waals surface area (Å²) in [4.78, 5) is 19.6. The first-order valence-corrected chi connectivity index (χ1v) is 10.5. The first-order chi connectivity index (χ1) is 14.5. The minimum absolute atomic E-state index is 0.291. The topological polar surface area (TPSA) is 54.5 Å². The molecule has 156 valence electrons. The number of amides is 1. The van der Waals surface area contributed by atoms with Crippen LogP contribution in [0.3, 0.4) is 0 Å². The summed E-state index contributed by atoms with van der Waals surface area (Å²) in [6, 6.07) is 10.9. The van der Waals surface area contributed by atoms with Crippen LogP contribution in [0.5, 0.6) is 0 Å². The molecule has 0 bridgehead atoms. The molecule has 1 saturated heterocycles. The number of hydrogen-bond acceptors (Lipinski definition) is 5. The monoisotopic (exact) mass is 429 g/mol. The fourth-order valence-electron chi connectivity index (χ4n) is 3.35. The molecule has 1 amide bonds. The summed E-state index contributed by atoms with van der Waals surface area (Å²) >= 11 is 1.28. The predicted octanol–water partition coefficient (Wildman–Crippen LogP) is 4.41. The van der Waals surface area contributed by atoms with Crippen molar-refractivity contribution in [3.05, 3.63) is 75.2 Å². The third-order valence-electron chi connectivity index (χ3n) is 4.87. The summed E-state index contributed by atoms with van der Waals surface area (Å²) in [6.45, 7) is 4.19. The Balaban J connectivity index is 1.45. The molecule has 4 rings (SSSR count). The van der Waals surface area contributed by atoms with Crippen molar-refractivity contribution in [2.45, 2.75) is 13.3 Å². The van der Waals surface area contributed by atoms with Crippen molar-refractivity contribution in [1.29, 1.82) is 0 Å². The van der Waals surface area contributed by atoms with Crippen LogP contribution in [0.25, 0.3) is 0 Å². The fraction of sp³-hybridized carbons (Fsp3) is 0.273. The van der Waals surface area contributed by atoms with Gasteiger partial charge < -0.3 is 15.0 Å². The molecule has 2 aromatic carbocycles. The van der Waals surface area contributed by atoms with Gasteiger partial charge in [0.1, 0.15) is 16.5 Å². The number of aromatic nitrogens is 1. The number of anilines is 2. The summed E-state index contributed by atoms with van der Waals surface area (Å²) in [6.07, 6.45) is 0.516. The van der Waals surface area contributed by atoms with E-state index in [-0.39, 0.29) is 17.5 Å². The molecule has 1 N–H and O–H groups in total. The van der Waals surface area contributed by atoms with Crippen molar-refractivity contribution in [1.82, 2.24) is 4.98 Å². The predicted molar refractivity (Wildman–Crippen MR) is 113 cm³/mol. The van der Waals surface area contributed by atoms with Crippen molar-refractivity contribution >= 4 is 28.6 Å². The highest BCUT2D eigenvalue weighted by Crippen LogP contribution is 2.26. The van der Waals surface area contributed by atoms with Crippen LogP contribution in [0.15, 0.2) is 42.5 Å². The number of aryl methyl sites for hydroxylation is 1. The number of thiazole rings is 1. The Kier molecular flexibility index (Phi) is 6.06. The zero-order valence-electron chi connectivity index (χ0n) is 16.5. The van der Waals surface area contributed by atoms with Crippen molar-refractivity contribution in [2.75, 3.05) is 36.5 Å². The van der Waals surface area contributed by atoms with Gasteiger partial charge in [0.25, 0.3) is 5.91 Å². The Bertz CT molecular complexity index is 1050. The average Bonchev–Trinajstić information content (AvgIpc) is 3.10. The Morgan fingerprint density at radius 1 is 1.17 bits per heavy atom. The number of nitrogens with one attached hydrogen (secondary N) is 1. The van der Waals surface area contributed by atoms with Crippen LogP contribution in [0.2, 0.25) is 0 Å². The third-order valence-corrected chi connectivity index (χ3v) is 6.03. The van der Waals surface area contributed by atoms with Crippen LogP contribution >= 0.6 is 11.3 Å². The van der Waals surface area contributed by atoms with E-state index in [1.807, 2.05) is 4.90 Å². The molecule has 0 saturated carbocycles. The molecular formula is C22H21F2N3O2S. The minimum Gasteiger partial charge on any atom is -0.378 e. The number of rotatable bonds is 5. The molecular weight excluding hydrogens is 408 g/mol. The normalized spacial score (nSPS) is 14.0. The fourth-order valence-corrected chi connectivity index (χ4v) is 4.34. The highest BCUT2D eigenvalue weighted by atomic mass is 32.1. The number of carbonyl (C=O) groups excluding carboxylic acids is 1. The van der Waals surface area contributed by atoms with E-state index in [1.54, 1.807) is 31.2 Å². The Morgan fingerprint density at radius 3 is 2.60 bits per heavy atom. The second-order valence-electron chi connectivity index (χ2n) is 7.05. The summed E-state index contributed by atoms with van der Waals surface area (Å²) < 4.78 is 32.9. The summed E-state index contributed by atoms with van der Waals surface area (Å²) in [5, 5.41) is 3.52. The molecule has 1 aliphatic heterocycles. The molecule has 2 heterocycles. The molecule has 0 radical (unpaired) electrons. The molecule has 1 aromatic heterocycles. The molecule has 5 nitrogen and oxygen atoms in total. The molecule has 0 aliphatic carbocycles. The van der Waals surface area contributed by atoms with E-state index in [1.165, 1.54) is 29.5 Å². The van der Waals surface area contributed by atoms with E-state index < -0.39 is 0 Å². The quantitative estimate of drug-likeness (QED) is 0.653. The van der Waals surface area contributed by atoms with Crippen LogP contribution in [0, 0.1) is 18.6 Å². The van der Waals surface area contributed by atoms with E-state index >= 15 is 0 Å². The van der Waals surface area contributed by atoms with Gasteiger partial charge in [0.15, 0.2) is 0 Å². The largest absolute Gasteiger partial charge is 0.378 e. The lowest BCUT2D eigenvalue weighted by Gasteiger charge is -2.29. The van der Waals surface area contributed by atoms with Gasteiger partial charge >= 0.3 is 0 Å². The molecule has 0 unspecified atom stereocenters. The zero-order valence-corrected chi connectivity index (χ0v) is 17.3. The smallest absolute Gasteiger partial charge is 0.267 e. The number of benzene rings is 2. The number of halogens is 2. The van der Waals surface area contributed by atoms with Crippen molar-refractivity contribution in [2.24, 2.45) is 0 Å². The standard InChI is InChI=1S/C22H21F2N3O2S/c1-14-21(30-20(25-14)12-15-2-4-16(23)5-3-15)22(28)26-17-6-7-19(18(24)13-17)27-8-10-29-11-9-27/h2-7,13H,8-12H2,1H3,(H,26,28).